The number of rotatable bonds is 6. The summed E-state index contributed by atoms with van der Waals surface area (Å²) in [6.45, 7) is 0. The van der Waals surface area contributed by atoms with Crippen LogP contribution in [0.4, 0.5) is 29.3 Å². The Hall–Kier alpha value is -4.54. The van der Waals surface area contributed by atoms with Gasteiger partial charge in [0, 0.05) is 42.8 Å². The Kier molecular flexibility index (Phi) is 6.58. The molecule has 4 aromatic rings. The third kappa shape index (κ3) is 5.88. The van der Waals surface area contributed by atoms with Crippen LogP contribution in [0.5, 0.6) is 17.2 Å². The highest BCUT2D eigenvalue weighted by Gasteiger charge is 2.30. The average molecular weight is 483 g/mol. The third-order valence-electron chi connectivity index (χ3n) is 4.86. The van der Waals surface area contributed by atoms with Crippen molar-refractivity contribution in [3.63, 3.8) is 0 Å². The Morgan fingerprint density at radius 1 is 1.00 bits per heavy atom. The molecular weight excluding hydrogens is 463 g/mol. The van der Waals surface area contributed by atoms with Crippen molar-refractivity contribution in [2.45, 2.75) is 6.18 Å². The molecule has 2 aromatic carbocycles. The number of aromatic nitrogens is 3. The molecule has 0 aliphatic rings. The maximum absolute atomic E-state index is 12.7. The van der Waals surface area contributed by atoms with Crippen molar-refractivity contribution in [3.05, 3.63) is 78.8 Å². The lowest BCUT2D eigenvalue weighted by Gasteiger charge is -2.14. The number of carbonyl (C=O) groups is 1. The van der Waals surface area contributed by atoms with Crippen molar-refractivity contribution >= 4 is 17.4 Å². The van der Waals surface area contributed by atoms with E-state index in [1.807, 2.05) is 13.2 Å². The molecular formula is C24H20F3N5O3. The minimum absolute atomic E-state index is 0.196. The summed E-state index contributed by atoms with van der Waals surface area (Å²) in [5, 5.41) is 9.24. The van der Waals surface area contributed by atoms with Crippen LogP contribution in [0, 0.1) is 0 Å². The van der Waals surface area contributed by atoms with Crippen LogP contribution in [0.3, 0.4) is 0 Å². The van der Waals surface area contributed by atoms with Crippen LogP contribution < -0.4 is 20.1 Å². The number of carbonyl (C=O) groups excluding carboxylic acids is 1. The maximum Gasteiger partial charge on any atom is 0.416 e. The second kappa shape index (κ2) is 9.75. The summed E-state index contributed by atoms with van der Waals surface area (Å²) in [5.74, 6) is 1.30. The number of benzene rings is 2. The topological polar surface area (TPSA) is 90.3 Å². The lowest BCUT2D eigenvalue weighted by Crippen LogP contribution is -2.20. The molecule has 0 spiro atoms. The number of aryl methyl sites for hydroxylation is 1. The molecule has 0 aliphatic heterocycles. The van der Waals surface area contributed by atoms with Gasteiger partial charge >= 0.3 is 12.2 Å². The van der Waals surface area contributed by atoms with Gasteiger partial charge in [0.05, 0.1) is 30.3 Å². The van der Waals surface area contributed by atoms with E-state index >= 15 is 0 Å². The minimum atomic E-state index is -4.46. The van der Waals surface area contributed by atoms with Crippen LogP contribution in [0.2, 0.25) is 0 Å². The van der Waals surface area contributed by atoms with Gasteiger partial charge in [-0.2, -0.15) is 18.3 Å². The maximum atomic E-state index is 12.7. The number of alkyl halides is 3. The lowest BCUT2D eigenvalue weighted by atomic mass is 10.2. The molecule has 35 heavy (non-hydrogen) atoms. The highest BCUT2D eigenvalue weighted by Crippen LogP contribution is 2.33. The summed E-state index contributed by atoms with van der Waals surface area (Å²) in [7, 11) is 3.25. The van der Waals surface area contributed by atoms with Gasteiger partial charge < -0.3 is 20.1 Å². The number of nitrogens with one attached hydrogen (secondary N) is 2. The molecule has 180 valence electrons. The van der Waals surface area contributed by atoms with E-state index in [1.54, 1.807) is 47.4 Å². The van der Waals surface area contributed by atoms with E-state index in [2.05, 4.69) is 20.7 Å². The summed E-state index contributed by atoms with van der Waals surface area (Å²) < 4.78 is 51.1. The molecule has 0 saturated carbocycles. The van der Waals surface area contributed by atoms with Gasteiger partial charge in [-0.1, -0.05) is 0 Å². The predicted octanol–water partition coefficient (Wildman–Crippen LogP) is 5.95. The van der Waals surface area contributed by atoms with Gasteiger partial charge in [-0.3, -0.25) is 9.67 Å². The second-order valence-corrected chi connectivity index (χ2v) is 7.40. The van der Waals surface area contributed by atoms with Crippen molar-refractivity contribution in [2.24, 2.45) is 7.05 Å². The van der Waals surface area contributed by atoms with E-state index in [0.29, 0.717) is 28.6 Å². The Bertz CT molecular complexity index is 1340. The fraction of sp³-hybridized carbons (Fsp3) is 0.125. The van der Waals surface area contributed by atoms with Crippen LogP contribution in [-0.4, -0.2) is 27.9 Å². The molecule has 2 N–H and O–H groups in total. The van der Waals surface area contributed by atoms with Gasteiger partial charge in [0.25, 0.3) is 0 Å². The summed E-state index contributed by atoms with van der Waals surface area (Å²) in [6, 6.07) is 11.7. The van der Waals surface area contributed by atoms with E-state index in [0.717, 1.165) is 17.7 Å². The number of anilines is 2. The van der Waals surface area contributed by atoms with Crippen LogP contribution in [0.1, 0.15) is 5.56 Å². The quantitative estimate of drug-likeness (QED) is 0.354. The monoisotopic (exact) mass is 483 g/mol. The molecule has 2 amide bonds. The average Bonchev–Trinajstić information content (AvgIpc) is 3.25. The highest BCUT2D eigenvalue weighted by molar-refractivity contribution is 6.00. The normalized spacial score (nSPS) is 11.1. The first-order chi connectivity index (χ1) is 16.7. The number of amides is 2. The Balaban J connectivity index is 1.47. The summed E-state index contributed by atoms with van der Waals surface area (Å²) >= 11 is 0. The number of methoxy groups -OCH3 is 1. The molecule has 2 heterocycles. The second-order valence-electron chi connectivity index (χ2n) is 7.40. The van der Waals surface area contributed by atoms with Crippen LogP contribution >= 0.6 is 0 Å². The van der Waals surface area contributed by atoms with Crippen molar-refractivity contribution in [1.29, 1.82) is 0 Å². The Morgan fingerprint density at radius 2 is 1.74 bits per heavy atom. The van der Waals surface area contributed by atoms with Crippen LogP contribution in [-0.2, 0) is 13.2 Å². The number of ether oxygens (including phenoxy) is 2. The van der Waals surface area contributed by atoms with Crippen LogP contribution in [0.25, 0.3) is 11.3 Å². The van der Waals surface area contributed by atoms with E-state index in [-0.39, 0.29) is 5.69 Å². The minimum Gasteiger partial charge on any atom is -0.495 e. The zero-order chi connectivity index (χ0) is 25.0. The first-order valence-electron chi connectivity index (χ1n) is 10.3. The molecule has 0 saturated heterocycles. The van der Waals surface area contributed by atoms with Gasteiger partial charge in [-0.05, 0) is 42.5 Å². The molecule has 8 nitrogen and oxygen atoms in total. The van der Waals surface area contributed by atoms with Gasteiger partial charge in [-0.25, -0.2) is 4.79 Å². The fourth-order valence-electron chi connectivity index (χ4n) is 3.20. The van der Waals surface area contributed by atoms with Crippen molar-refractivity contribution in [2.75, 3.05) is 17.7 Å². The molecule has 0 unspecified atom stereocenters. The molecule has 11 heteroatoms. The van der Waals surface area contributed by atoms with E-state index in [1.165, 1.54) is 19.2 Å². The summed E-state index contributed by atoms with van der Waals surface area (Å²) in [4.78, 5) is 16.8. The number of pyridine rings is 1. The van der Waals surface area contributed by atoms with Gasteiger partial charge in [0.15, 0.2) is 0 Å². The van der Waals surface area contributed by atoms with Gasteiger partial charge in [0.1, 0.15) is 17.2 Å². The Labute approximate surface area is 198 Å². The predicted molar refractivity (Wildman–Crippen MR) is 124 cm³/mol. The van der Waals surface area contributed by atoms with E-state index in [9.17, 15) is 18.0 Å². The smallest absolute Gasteiger partial charge is 0.416 e. The Morgan fingerprint density at radius 3 is 2.40 bits per heavy atom. The largest absolute Gasteiger partial charge is 0.495 e. The molecule has 2 aromatic heterocycles. The molecule has 0 bridgehead atoms. The molecule has 0 aliphatic carbocycles. The SMILES string of the molecule is COc1ccc(Oc2ccnc(-c3cnn(C)c3)c2)cc1NC(=O)Nc1ccc(C(F)(F)F)cc1. The fourth-order valence-corrected chi connectivity index (χ4v) is 3.20. The number of urea groups is 1. The van der Waals surface area contributed by atoms with Gasteiger partial charge in [-0.15, -0.1) is 0 Å². The molecule has 4 rings (SSSR count). The number of hydrogen-bond donors (Lipinski definition) is 2. The third-order valence-corrected chi connectivity index (χ3v) is 4.86. The summed E-state index contributed by atoms with van der Waals surface area (Å²) in [6.07, 6.45) is 0.674. The highest BCUT2D eigenvalue weighted by atomic mass is 19.4. The molecule has 0 radical (unpaired) electrons. The lowest BCUT2D eigenvalue weighted by molar-refractivity contribution is -0.137. The van der Waals surface area contributed by atoms with Gasteiger partial charge in [0.2, 0.25) is 0 Å². The first-order valence-corrected chi connectivity index (χ1v) is 10.3. The standard InChI is InChI=1S/C24H20F3N5O3/c1-32-14-15(13-29-32)20-11-19(9-10-28-20)35-18-7-8-22(34-2)21(12-18)31-23(33)30-17-5-3-16(4-6-17)24(25,26)27/h3-14H,1-2H3,(H2,30,31,33). The van der Waals surface area contributed by atoms with Crippen LogP contribution in [0.15, 0.2) is 73.2 Å². The van der Waals surface area contributed by atoms with Crippen molar-refractivity contribution < 1.29 is 27.4 Å². The first kappa shape index (κ1) is 23.6. The number of nitrogens with zero attached hydrogens (tertiary/aromatic N) is 3. The number of halogens is 3. The van der Waals surface area contributed by atoms with E-state index in [4.69, 9.17) is 9.47 Å². The summed E-state index contributed by atoms with van der Waals surface area (Å²) in [5.41, 5.74) is 1.20. The number of hydrogen-bond acceptors (Lipinski definition) is 5. The van der Waals surface area contributed by atoms with Crippen molar-refractivity contribution in [3.8, 4) is 28.5 Å². The zero-order valence-corrected chi connectivity index (χ0v) is 18.6. The molecule has 0 atom stereocenters. The molecule has 0 fully saturated rings. The van der Waals surface area contributed by atoms with Crippen molar-refractivity contribution in [1.82, 2.24) is 14.8 Å². The zero-order valence-electron chi connectivity index (χ0n) is 18.6. The van der Waals surface area contributed by atoms with E-state index < -0.39 is 17.8 Å².